The summed E-state index contributed by atoms with van der Waals surface area (Å²) in [5, 5.41) is 0. The second-order valence-corrected chi connectivity index (χ2v) is 0.455. The lowest BCUT2D eigenvalue weighted by Crippen LogP contribution is -1.63. The average molecular weight is 50.9 g/mol. The highest BCUT2D eigenvalue weighted by Crippen LogP contribution is 1.37. The Bertz CT molecular complexity index is 33.0. The van der Waals surface area contributed by atoms with Crippen molar-refractivity contribution in [1.82, 2.24) is 0 Å². The zero-order chi connectivity index (χ0) is 3.41. The molecule has 0 nitrogen and oxygen atoms in total. The van der Waals surface area contributed by atoms with Crippen molar-refractivity contribution in [2.75, 3.05) is 0 Å². The van der Waals surface area contributed by atoms with Crippen LogP contribution in [0.4, 0.5) is 0 Å². The molecular weight excluding hydrogens is 46.8 g/mol. The first-order valence-electron chi connectivity index (χ1n) is 1.15. The molecule has 1 heteroatoms. The van der Waals surface area contributed by atoms with Crippen LogP contribution in [-0.4, -0.2) is 7.28 Å². The normalized spacial score (nSPS) is 4.00. The summed E-state index contributed by atoms with van der Waals surface area (Å²) < 4.78 is 0. The Labute approximate surface area is 27.5 Å². The van der Waals surface area contributed by atoms with Gasteiger partial charge < -0.3 is 0 Å². The molecule has 0 rings (SSSR count). The van der Waals surface area contributed by atoms with Crippen molar-refractivity contribution in [1.29, 1.82) is 0 Å². The molecule has 0 heterocycles. The number of hydrogen-bond donors (Lipinski definition) is 0. The van der Waals surface area contributed by atoms with E-state index in [9.17, 15) is 0 Å². The summed E-state index contributed by atoms with van der Waals surface area (Å²) in [6.45, 7) is 1.82. The third kappa shape index (κ3) is 1.62. The zero-order valence-corrected chi connectivity index (χ0v) is 2.65. The molecule has 1 radical (unpaired) electrons. The maximum Gasteiger partial charge on any atom is 0.212 e. The molecule has 0 aromatic heterocycles. The first kappa shape index (κ1) is 3.62. The Kier molecular flexibility index (Phi) is 2.38. The van der Waals surface area contributed by atoms with Crippen molar-refractivity contribution in [2.45, 2.75) is 6.82 Å². The molecule has 0 bridgehead atoms. The Hall–Kier alpha value is -0.375. The van der Waals surface area contributed by atoms with E-state index in [4.69, 9.17) is 6.42 Å². The highest BCUT2D eigenvalue weighted by Gasteiger charge is 1.52. The first-order chi connectivity index (χ1) is 1.91. The van der Waals surface area contributed by atoms with Gasteiger partial charge in [-0.2, -0.15) is 5.82 Å². The molecule has 0 aliphatic rings. The Morgan fingerprint density at radius 2 is 2.25 bits per heavy atom. The van der Waals surface area contributed by atoms with Gasteiger partial charge in [-0.3, -0.25) is 0 Å². The third-order valence-corrected chi connectivity index (χ3v) is 0.167. The molecule has 19 valence electrons. The van der Waals surface area contributed by atoms with Gasteiger partial charge in [-0.25, -0.2) is 0 Å². The van der Waals surface area contributed by atoms with Gasteiger partial charge in [0.1, 0.15) is 0 Å². The fraction of sp³-hybridized carbons (Fsp3) is 0.333. The minimum Gasteiger partial charge on any atom is -0.167 e. The number of rotatable bonds is 0. The topological polar surface area (TPSA) is 0 Å². The van der Waals surface area contributed by atoms with Crippen molar-refractivity contribution >= 4 is 7.28 Å². The molecule has 0 amide bonds. The van der Waals surface area contributed by atoms with E-state index >= 15 is 0 Å². The van der Waals surface area contributed by atoms with E-state index in [1.54, 1.807) is 7.28 Å². The van der Waals surface area contributed by atoms with Gasteiger partial charge in [0.05, 0.1) is 0 Å². The largest absolute Gasteiger partial charge is 0.212 e. The summed E-state index contributed by atoms with van der Waals surface area (Å²) in [6.07, 6.45) is 4.72. The summed E-state index contributed by atoms with van der Waals surface area (Å²) in [5.41, 5.74) is 0. The van der Waals surface area contributed by atoms with Crippen LogP contribution >= 0.6 is 0 Å². The van der Waals surface area contributed by atoms with Crippen molar-refractivity contribution in [3.8, 4) is 12.2 Å². The fourth-order valence-electron chi connectivity index (χ4n) is 0. The molecule has 0 aliphatic heterocycles. The van der Waals surface area contributed by atoms with Gasteiger partial charge in [-0.15, -0.1) is 6.42 Å². The number of hydrogen-bond acceptors (Lipinski definition) is 0. The quantitative estimate of drug-likeness (QED) is 0.274. The van der Waals surface area contributed by atoms with Crippen LogP contribution in [0.2, 0.25) is 6.82 Å². The summed E-state index contributed by atoms with van der Waals surface area (Å²) in [6, 6.07) is 0. The summed E-state index contributed by atoms with van der Waals surface area (Å²) in [5.74, 6) is 2.31. The Balaban J connectivity index is 2.43. The van der Waals surface area contributed by atoms with Crippen molar-refractivity contribution in [3.63, 3.8) is 0 Å². The van der Waals surface area contributed by atoms with Crippen LogP contribution in [0, 0.1) is 12.2 Å². The molecule has 0 aromatic carbocycles. The van der Waals surface area contributed by atoms with Crippen molar-refractivity contribution < 1.29 is 0 Å². The van der Waals surface area contributed by atoms with Crippen LogP contribution in [0.3, 0.4) is 0 Å². The molecule has 0 unspecified atom stereocenters. The van der Waals surface area contributed by atoms with Crippen LogP contribution in [0.1, 0.15) is 0 Å². The summed E-state index contributed by atoms with van der Waals surface area (Å²) in [7, 11) is 1.65. The van der Waals surface area contributed by atoms with Gasteiger partial charge in [-0.1, -0.05) is 6.82 Å². The van der Waals surface area contributed by atoms with E-state index in [1.807, 2.05) is 6.82 Å². The van der Waals surface area contributed by atoms with E-state index in [0.29, 0.717) is 0 Å². The van der Waals surface area contributed by atoms with E-state index in [-0.39, 0.29) is 0 Å². The Morgan fingerprint density at radius 3 is 2.25 bits per heavy atom. The van der Waals surface area contributed by atoms with Gasteiger partial charge in [0.15, 0.2) is 0 Å². The van der Waals surface area contributed by atoms with E-state index in [2.05, 4.69) is 5.82 Å². The molecule has 0 fully saturated rings. The standard InChI is InChI=1S/C3H4B/c1-3-4-2/h1H,2H3. The monoisotopic (exact) mass is 51.0 g/mol. The first-order valence-corrected chi connectivity index (χ1v) is 1.15. The van der Waals surface area contributed by atoms with Gasteiger partial charge >= 0.3 is 0 Å². The van der Waals surface area contributed by atoms with Gasteiger partial charge in [0, 0.05) is 0 Å². The van der Waals surface area contributed by atoms with Crippen LogP contribution in [-0.2, 0) is 0 Å². The smallest absolute Gasteiger partial charge is 0.167 e. The second-order valence-electron chi connectivity index (χ2n) is 0.455. The highest BCUT2D eigenvalue weighted by atomic mass is 13.1. The molecule has 0 atom stereocenters. The fourth-order valence-corrected chi connectivity index (χ4v) is 0. The summed E-state index contributed by atoms with van der Waals surface area (Å²) >= 11 is 0. The predicted octanol–water partition coefficient (Wildman–Crippen LogP) is 0.329. The van der Waals surface area contributed by atoms with E-state index < -0.39 is 0 Å². The molecule has 4 heavy (non-hydrogen) atoms. The molecule has 0 N–H and O–H groups in total. The van der Waals surface area contributed by atoms with Crippen molar-refractivity contribution in [2.24, 2.45) is 0 Å². The molecule has 0 spiro atoms. The van der Waals surface area contributed by atoms with Gasteiger partial charge in [-0.05, 0) is 0 Å². The maximum absolute atomic E-state index is 4.72. The van der Waals surface area contributed by atoms with Crippen LogP contribution in [0.15, 0.2) is 0 Å². The van der Waals surface area contributed by atoms with Crippen LogP contribution in [0.5, 0.6) is 0 Å². The molecular formula is C3H4B. The zero-order valence-electron chi connectivity index (χ0n) is 2.65. The summed E-state index contributed by atoms with van der Waals surface area (Å²) in [4.78, 5) is 0. The van der Waals surface area contributed by atoms with Gasteiger partial charge in [0.2, 0.25) is 7.28 Å². The average Bonchev–Trinajstić information content (AvgIpc) is 1.37. The second kappa shape index (κ2) is 2.62. The predicted molar refractivity (Wildman–Crippen MR) is 20.5 cm³/mol. The lowest BCUT2D eigenvalue weighted by molar-refractivity contribution is 2.32. The molecule has 0 saturated heterocycles. The highest BCUT2D eigenvalue weighted by molar-refractivity contribution is 6.44. The Morgan fingerprint density at radius 1 is 2.00 bits per heavy atom. The van der Waals surface area contributed by atoms with Gasteiger partial charge in [0.25, 0.3) is 0 Å². The molecule has 0 aromatic rings. The van der Waals surface area contributed by atoms with Crippen LogP contribution < -0.4 is 0 Å². The van der Waals surface area contributed by atoms with Crippen LogP contribution in [0.25, 0.3) is 0 Å². The lowest BCUT2D eigenvalue weighted by atomic mass is 9.85. The lowest BCUT2D eigenvalue weighted by Gasteiger charge is -1.46. The minimum absolute atomic E-state index is 1.65. The molecule has 0 aliphatic carbocycles. The van der Waals surface area contributed by atoms with E-state index in [0.717, 1.165) is 0 Å². The minimum atomic E-state index is 1.65. The third-order valence-electron chi connectivity index (χ3n) is 0.167. The molecule has 0 saturated carbocycles. The number of terminal acetylenes is 1. The maximum atomic E-state index is 4.72. The van der Waals surface area contributed by atoms with E-state index in [1.165, 1.54) is 0 Å². The van der Waals surface area contributed by atoms with Crippen molar-refractivity contribution in [3.05, 3.63) is 0 Å². The SMILES string of the molecule is C#C[B]C.